The summed E-state index contributed by atoms with van der Waals surface area (Å²) >= 11 is 1.44. The van der Waals surface area contributed by atoms with Gasteiger partial charge in [0.05, 0.1) is 0 Å². The van der Waals surface area contributed by atoms with E-state index in [1.54, 1.807) is 0 Å². The fraction of sp³-hybridized carbons (Fsp3) is 0.625. The minimum Gasteiger partial charge on any atom is -0.480 e. The fourth-order valence-electron chi connectivity index (χ4n) is 3.02. The van der Waals surface area contributed by atoms with Crippen LogP contribution in [-0.2, 0) is 14.4 Å². The van der Waals surface area contributed by atoms with Gasteiger partial charge in [0.2, 0.25) is 11.8 Å². The van der Waals surface area contributed by atoms with E-state index in [2.05, 4.69) is 51.2 Å². The van der Waals surface area contributed by atoms with Crippen LogP contribution >= 0.6 is 11.8 Å². The molecule has 1 aliphatic carbocycles. The lowest BCUT2D eigenvalue weighted by atomic mass is 10.1. The summed E-state index contributed by atoms with van der Waals surface area (Å²) in [6, 6.07) is -1.04. The van der Waals surface area contributed by atoms with Crippen LogP contribution in [-0.4, -0.2) is 40.4 Å². The highest BCUT2D eigenvalue weighted by Crippen LogP contribution is 2.46. The van der Waals surface area contributed by atoms with Crippen molar-refractivity contribution >= 4 is 29.5 Å². The van der Waals surface area contributed by atoms with Gasteiger partial charge in [-0.2, -0.15) is 11.8 Å². The molecule has 0 bridgehead atoms. The molecule has 0 heterocycles. The Bertz CT molecular complexity index is 736. The van der Waals surface area contributed by atoms with E-state index in [0.29, 0.717) is 18.6 Å². The van der Waals surface area contributed by atoms with Gasteiger partial charge >= 0.3 is 5.97 Å². The van der Waals surface area contributed by atoms with Crippen molar-refractivity contribution in [3.63, 3.8) is 0 Å². The van der Waals surface area contributed by atoms with E-state index in [0.717, 1.165) is 25.7 Å². The second-order valence-electron chi connectivity index (χ2n) is 8.42. The lowest BCUT2D eigenvalue weighted by Gasteiger charge is -2.18. The predicted molar refractivity (Wildman–Crippen MR) is 133 cm³/mol. The molecular formula is C24H41N3O4S. The van der Waals surface area contributed by atoms with Gasteiger partial charge in [0.25, 0.3) is 0 Å². The number of aliphatic carboxylic acids is 1. The molecule has 0 aromatic rings. The number of hydrogen-bond donors (Lipinski definition) is 4. The van der Waals surface area contributed by atoms with Crippen LogP contribution in [0.1, 0.15) is 73.6 Å². The van der Waals surface area contributed by atoms with Gasteiger partial charge < -0.3 is 10.4 Å². The maximum atomic E-state index is 12.3. The third-order valence-corrected chi connectivity index (χ3v) is 6.28. The zero-order valence-corrected chi connectivity index (χ0v) is 19.9. The molecule has 1 saturated carbocycles. The summed E-state index contributed by atoms with van der Waals surface area (Å²) in [6.45, 7) is 8.46. The Balaban J connectivity index is 0.00000961. The summed E-state index contributed by atoms with van der Waals surface area (Å²) in [5.74, 6) is 3.78. The molecule has 0 aliphatic heterocycles. The molecule has 1 aliphatic rings. The van der Waals surface area contributed by atoms with E-state index in [-0.39, 0.29) is 13.2 Å². The van der Waals surface area contributed by atoms with Crippen molar-refractivity contribution in [1.82, 2.24) is 10.7 Å². The first-order valence-corrected chi connectivity index (χ1v) is 11.8. The van der Waals surface area contributed by atoms with Crippen molar-refractivity contribution in [3.8, 4) is 0 Å². The summed E-state index contributed by atoms with van der Waals surface area (Å²) in [5.41, 5.74) is 4.79. The van der Waals surface area contributed by atoms with Gasteiger partial charge in [0, 0.05) is 11.5 Å². The number of carboxylic acid groups (broad SMARTS) is 1. The molecule has 7 nitrogen and oxygen atoms in total. The molecule has 2 amide bonds. The van der Waals surface area contributed by atoms with Gasteiger partial charge in [0.1, 0.15) is 11.5 Å². The van der Waals surface area contributed by atoms with Crippen molar-refractivity contribution in [2.45, 2.75) is 79.7 Å². The van der Waals surface area contributed by atoms with Crippen LogP contribution in [0.4, 0.5) is 0 Å². The number of rotatable bonds is 14. The third kappa shape index (κ3) is 10.5. The molecule has 1 atom stereocenters. The summed E-state index contributed by atoms with van der Waals surface area (Å²) < 4.78 is 0. The predicted octanol–water partition coefficient (Wildman–Crippen LogP) is 4.11. The van der Waals surface area contributed by atoms with E-state index in [4.69, 9.17) is 5.84 Å². The number of nitrogens with one attached hydrogen (secondary N) is 2. The number of carbonyl (C=O) groups excluding carboxylic acids is 2. The van der Waals surface area contributed by atoms with Crippen LogP contribution in [0, 0.1) is 5.41 Å². The van der Waals surface area contributed by atoms with E-state index in [1.165, 1.54) is 28.5 Å². The van der Waals surface area contributed by atoms with Crippen molar-refractivity contribution in [2.24, 2.45) is 11.3 Å². The Kier molecular flexibility index (Phi) is 13.9. The molecular weight excluding hydrogens is 426 g/mol. The van der Waals surface area contributed by atoms with Crippen LogP contribution in [0.15, 0.2) is 34.9 Å². The molecule has 0 radical (unpaired) electrons. The monoisotopic (exact) mass is 467 g/mol. The van der Waals surface area contributed by atoms with E-state index >= 15 is 0 Å². The molecule has 0 saturated heterocycles. The molecule has 1 fully saturated rings. The first kappa shape index (κ1) is 29.9. The normalized spacial score (nSPS) is 15.8. The van der Waals surface area contributed by atoms with Crippen LogP contribution in [0.2, 0.25) is 0 Å². The summed E-state index contributed by atoms with van der Waals surface area (Å²) in [6.07, 6.45) is 11.5. The number of allylic oxidation sites excluding steroid dienone is 5. The largest absolute Gasteiger partial charge is 0.480 e. The SMILES string of the molecule is C.CC(C)=CCC/C(C)=C/CC/C(C)=C/CSC[C@H](NC(=O)C1(C(=O)NN)CC1)C(=O)O. The topological polar surface area (TPSA) is 122 Å². The maximum absolute atomic E-state index is 12.3. The summed E-state index contributed by atoms with van der Waals surface area (Å²) in [5, 5.41) is 11.9. The molecule has 32 heavy (non-hydrogen) atoms. The number of carbonyl (C=O) groups is 3. The van der Waals surface area contributed by atoms with Crippen molar-refractivity contribution in [2.75, 3.05) is 11.5 Å². The standard InChI is InChI=1S/C23H37N3O4S.CH4/c1-16(2)7-5-8-17(3)9-6-10-18(4)11-14-31-15-19(20(27)28)25-21(29)23(12-13-23)22(30)26-24;/h7,9,11,19H,5-6,8,10,12-15,24H2,1-4H3,(H,25,29)(H,26,30)(H,27,28);1H4/b17-9+,18-11+;/t19-;/m0./s1. The highest BCUT2D eigenvalue weighted by Gasteiger charge is 2.56. The Hall–Kier alpha value is -2.06. The second-order valence-corrected chi connectivity index (χ2v) is 9.49. The fourth-order valence-corrected chi connectivity index (χ4v) is 4.02. The number of hydrogen-bond acceptors (Lipinski definition) is 5. The average Bonchev–Trinajstić information content (AvgIpc) is 3.51. The van der Waals surface area contributed by atoms with Gasteiger partial charge in [-0.15, -0.1) is 0 Å². The maximum Gasteiger partial charge on any atom is 0.327 e. The first-order valence-electron chi connectivity index (χ1n) is 10.7. The summed E-state index contributed by atoms with van der Waals surface area (Å²) in [4.78, 5) is 35.6. The lowest BCUT2D eigenvalue weighted by molar-refractivity contribution is -0.144. The highest BCUT2D eigenvalue weighted by atomic mass is 32.2. The molecule has 182 valence electrons. The Labute approximate surface area is 197 Å². The van der Waals surface area contributed by atoms with Gasteiger partial charge in [-0.1, -0.05) is 42.4 Å². The van der Waals surface area contributed by atoms with E-state index in [9.17, 15) is 19.5 Å². The lowest BCUT2D eigenvalue weighted by Crippen LogP contribution is -2.51. The van der Waals surface area contributed by atoms with Crippen LogP contribution < -0.4 is 16.6 Å². The number of amides is 2. The molecule has 0 aromatic heterocycles. The van der Waals surface area contributed by atoms with Crippen molar-refractivity contribution in [1.29, 1.82) is 0 Å². The second kappa shape index (κ2) is 14.9. The molecule has 5 N–H and O–H groups in total. The van der Waals surface area contributed by atoms with Gasteiger partial charge in [-0.3, -0.25) is 15.0 Å². The number of thioether (sulfide) groups is 1. The summed E-state index contributed by atoms with van der Waals surface area (Å²) in [7, 11) is 0. The van der Waals surface area contributed by atoms with Crippen LogP contribution in [0.3, 0.4) is 0 Å². The smallest absolute Gasteiger partial charge is 0.327 e. The number of carboxylic acids is 1. The number of nitrogens with two attached hydrogens (primary N) is 1. The molecule has 1 rings (SSSR count). The van der Waals surface area contributed by atoms with Crippen molar-refractivity contribution < 1.29 is 19.5 Å². The van der Waals surface area contributed by atoms with Crippen LogP contribution in [0.25, 0.3) is 0 Å². The number of hydrazine groups is 1. The van der Waals surface area contributed by atoms with Gasteiger partial charge in [-0.25, -0.2) is 10.6 Å². The Morgan fingerprint density at radius 3 is 2.06 bits per heavy atom. The van der Waals surface area contributed by atoms with Gasteiger partial charge in [0.15, 0.2) is 0 Å². The zero-order valence-electron chi connectivity index (χ0n) is 19.1. The van der Waals surface area contributed by atoms with Crippen molar-refractivity contribution in [3.05, 3.63) is 34.9 Å². The minimum atomic E-state index is -1.21. The average molecular weight is 468 g/mol. The highest BCUT2D eigenvalue weighted by molar-refractivity contribution is 7.99. The van der Waals surface area contributed by atoms with Crippen LogP contribution in [0.5, 0.6) is 0 Å². The minimum absolute atomic E-state index is 0. The first-order chi connectivity index (χ1) is 14.6. The van der Waals surface area contributed by atoms with E-state index < -0.39 is 29.2 Å². The molecule has 8 heteroatoms. The zero-order chi connectivity index (χ0) is 23.4. The quantitative estimate of drug-likeness (QED) is 0.0761. The third-order valence-electron chi connectivity index (χ3n) is 5.31. The van der Waals surface area contributed by atoms with Gasteiger partial charge in [-0.05, 0) is 66.2 Å². The molecule has 0 aromatic carbocycles. The van der Waals surface area contributed by atoms with E-state index in [1.807, 2.05) is 5.43 Å². The molecule has 0 spiro atoms. The Morgan fingerprint density at radius 1 is 1.00 bits per heavy atom. The Morgan fingerprint density at radius 2 is 1.56 bits per heavy atom. The molecule has 0 unspecified atom stereocenters.